The van der Waals surface area contributed by atoms with Crippen molar-refractivity contribution in [1.29, 1.82) is 0 Å². The number of carboxylic acids is 1. The standard InChI is InChI=1S/C11H10ClN3O4S/c1-6-10(5-13-14-6)20(18,19)15-9-3-2-7(11(16)17)4-8(9)12/h2-5,15H,1H3,(H,13,14)(H,16,17). The molecule has 0 aliphatic rings. The monoisotopic (exact) mass is 315 g/mol. The molecule has 0 amide bonds. The summed E-state index contributed by atoms with van der Waals surface area (Å²) in [6.07, 6.45) is 1.18. The van der Waals surface area contributed by atoms with E-state index in [-0.39, 0.29) is 21.2 Å². The fourth-order valence-corrected chi connectivity index (χ4v) is 3.04. The van der Waals surface area contributed by atoms with Gasteiger partial charge in [0.1, 0.15) is 4.90 Å². The number of hydrogen-bond donors (Lipinski definition) is 3. The number of rotatable bonds is 4. The Kier molecular flexibility index (Phi) is 3.69. The first-order valence-electron chi connectivity index (χ1n) is 5.37. The number of aromatic amines is 1. The predicted molar refractivity (Wildman–Crippen MR) is 72.5 cm³/mol. The van der Waals surface area contributed by atoms with E-state index in [0.717, 1.165) is 0 Å². The van der Waals surface area contributed by atoms with Gasteiger partial charge in [-0.2, -0.15) is 5.10 Å². The largest absolute Gasteiger partial charge is 0.478 e. The van der Waals surface area contributed by atoms with Crippen molar-refractivity contribution in [3.8, 4) is 0 Å². The number of aromatic carboxylic acids is 1. The van der Waals surface area contributed by atoms with Crippen LogP contribution in [-0.2, 0) is 10.0 Å². The minimum atomic E-state index is -3.83. The van der Waals surface area contributed by atoms with E-state index in [1.165, 1.54) is 24.4 Å². The number of sulfonamides is 1. The van der Waals surface area contributed by atoms with Crippen LogP contribution in [0.5, 0.6) is 0 Å². The van der Waals surface area contributed by atoms with Gasteiger partial charge in [-0.15, -0.1) is 0 Å². The smallest absolute Gasteiger partial charge is 0.335 e. The molecule has 3 N–H and O–H groups in total. The summed E-state index contributed by atoms with van der Waals surface area (Å²) >= 11 is 5.87. The highest BCUT2D eigenvalue weighted by Crippen LogP contribution is 2.26. The molecular formula is C11H10ClN3O4S. The summed E-state index contributed by atoms with van der Waals surface area (Å²) in [7, 11) is -3.83. The third kappa shape index (κ3) is 2.75. The number of carbonyl (C=O) groups is 1. The summed E-state index contributed by atoms with van der Waals surface area (Å²) in [6.45, 7) is 1.57. The van der Waals surface area contributed by atoms with E-state index in [0.29, 0.717) is 5.69 Å². The molecule has 1 aromatic carbocycles. The topological polar surface area (TPSA) is 112 Å². The lowest BCUT2D eigenvalue weighted by atomic mass is 10.2. The Labute approximate surface area is 119 Å². The van der Waals surface area contributed by atoms with Crippen LogP contribution in [0.2, 0.25) is 5.02 Å². The number of hydrogen-bond acceptors (Lipinski definition) is 4. The highest BCUT2D eigenvalue weighted by molar-refractivity contribution is 7.92. The highest BCUT2D eigenvalue weighted by atomic mass is 35.5. The molecule has 1 heterocycles. The minimum absolute atomic E-state index is 0.00382. The number of benzene rings is 1. The maximum atomic E-state index is 12.1. The van der Waals surface area contributed by atoms with Gasteiger partial charge in [0.05, 0.1) is 28.2 Å². The molecule has 0 aliphatic carbocycles. The third-order valence-electron chi connectivity index (χ3n) is 2.53. The lowest BCUT2D eigenvalue weighted by Crippen LogP contribution is -2.14. The van der Waals surface area contributed by atoms with Crippen LogP contribution in [-0.4, -0.2) is 29.7 Å². The van der Waals surface area contributed by atoms with Crippen molar-refractivity contribution in [3.05, 3.63) is 40.7 Å². The van der Waals surface area contributed by atoms with Crippen molar-refractivity contribution in [2.75, 3.05) is 4.72 Å². The van der Waals surface area contributed by atoms with Gasteiger partial charge in [0, 0.05) is 0 Å². The molecule has 7 nitrogen and oxygen atoms in total. The lowest BCUT2D eigenvalue weighted by molar-refractivity contribution is 0.0697. The van der Waals surface area contributed by atoms with Crippen LogP contribution in [0.4, 0.5) is 5.69 Å². The van der Waals surface area contributed by atoms with Gasteiger partial charge in [0.2, 0.25) is 0 Å². The molecule has 0 spiro atoms. The van der Waals surface area contributed by atoms with Crippen LogP contribution < -0.4 is 4.72 Å². The molecule has 0 atom stereocenters. The molecule has 0 fully saturated rings. The quantitative estimate of drug-likeness (QED) is 0.797. The first kappa shape index (κ1) is 14.4. The van der Waals surface area contributed by atoms with E-state index in [4.69, 9.17) is 16.7 Å². The molecule has 20 heavy (non-hydrogen) atoms. The molecule has 0 saturated carbocycles. The SMILES string of the molecule is Cc1[nH]ncc1S(=O)(=O)Nc1ccc(C(=O)O)cc1Cl. The molecule has 0 radical (unpaired) electrons. The maximum Gasteiger partial charge on any atom is 0.335 e. The first-order chi connectivity index (χ1) is 9.31. The Morgan fingerprint density at radius 1 is 1.45 bits per heavy atom. The molecule has 0 unspecified atom stereocenters. The van der Waals surface area contributed by atoms with Crippen molar-refractivity contribution < 1.29 is 18.3 Å². The number of nitrogens with zero attached hydrogens (tertiary/aromatic N) is 1. The second kappa shape index (κ2) is 5.14. The van der Waals surface area contributed by atoms with Gasteiger partial charge in [0.15, 0.2) is 0 Å². The number of aryl methyl sites for hydroxylation is 1. The van der Waals surface area contributed by atoms with Crippen molar-refractivity contribution in [1.82, 2.24) is 10.2 Å². The van der Waals surface area contributed by atoms with E-state index >= 15 is 0 Å². The van der Waals surface area contributed by atoms with E-state index < -0.39 is 16.0 Å². The van der Waals surface area contributed by atoms with Gasteiger partial charge in [-0.25, -0.2) is 13.2 Å². The number of halogens is 1. The molecule has 2 rings (SSSR count). The molecular weight excluding hydrogens is 306 g/mol. The number of nitrogens with one attached hydrogen (secondary N) is 2. The van der Waals surface area contributed by atoms with Crippen molar-refractivity contribution in [2.45, 2.75) is 11.8 Å². The van der Waals surface area contributed by atoms with Crippen LogP contribution in [0.25, 0.3) is 0 Å². The Hall–Kier alpha value is -2.06. The van der Waals surface area contributed by atoms with Gasteiger partial charge < -0.3 is 5.11 Å². The Bertz CT molecular complexity index is 770. The number of aromatic nitrogens is 2. The van der Waals surface area contributed by atoms with Gasteiger partial charge in [-0.05, 0) is 25.1 Å². The zero-order valence-electron chi connectivity index (χ0n) is 10.2. The second-order valence-corrected chi connectivity index (χ2v) is 6.02. The summed E-state index contributed by atoms with van der Waals surface area (Å²) in [5, 5.41) is 15.0. The maximum absolute atomic E-state index is 12.1. The van der Waals surface area contributed by atoms with E-state index in [9.17, 15) is 13.2 Å². The van der Waals surface area contributed by atoms with Crippen molar-refractivity contribution >= 4 is 33.3 Å². The Balaban J connectivity index is 2.36. The lowest BCUT2D eigenvalue weighted by Gasteiger charge is -2.09. The second-order valence-electron chi connectivity index (χ2n) is 3.96. The minimum Gasteiger partial charge on any atom is -0.478 e. The van der Waals surface area contributed by atoms with Gasteiger partial charge in [0.25, 0.3) is 10.0 Å². The van der Waals surface area contributed by atoms with Gasteiger partial charge >= 0.3 is 5.97 Å². The normalized spacial score (nSPS) is 11.3. The van der Waals surface area contributed by atoms with Crippen molar-refractivity contribution in [2.24, 2.45) is 0 Å². The Morgan fingerprint density at radius 2 is 2.15 bits per heavy atom. The fraction of sp³-hybridized carbons (Fsp3) is 0.0909. The molecule has 2 aromatic rings. The average Bonchev–Trinajstić information content (AvgIpc) is 2.78. The molecule has 1 aromatic heterocycles. The fourth-order valence-electron chi connectivity index (χ4n) is 1.54. The summed E-state index contributed by atoms with van der Waals surface area (Å²) in [5.41, 5.74) is 0.450. The summed E-state index contributed by atoms with van der Waals surface area (Å²) in [6, 6.07) is 3.72. The number of H-pyrrole nitrogens is 1. The van der Waals surface area contributed by atoms with Crippen LogP contribution in [0.1, 0.15) is 16.1 Å². The van der Waals surface area contributed by atoms with Crippen LogP contribution in [0, 0.1) is 6.92 Å². The third-order valence-corrected chi connectivity index (χ3v) is 4.33. The average molecular weight is 316 g/mol. The molecule has 0 saturated heterocycles. The summed E-state index contributed by atoms with van der Waals surface area (Å²) in [4.78, 5) is 10.8. The van der Waals surface area contributed by atoms with E-state index in [1.807, 2.05) is 0 Å². The van der Waals surface area contributed by atoms with Gasteiger partial charge in [-0.3, -0.25) is 9.82 Å². The van der Waals surface area contributed by atoms with Crippen LogP contribution in [0.3, 0.4) is 0 Å². The van der Waals surface area contributed by atoms with Crippen LogP contribution in [0.15, 0.2) is 29.3 Å². The van der Waals surface area contributed by atoms with Crippen LogP contribution >= 0.6 is 11.6 Å². The van der Waals surface area contributed by atoms with Crippen molar-refractivity contribution in [3.63, 3.8) is 0 Å². The van der Waals surface area contributed by atoms with E-state index in [1.54, 1.807) is 6.92 Å². The first-order valence-corrected chi connectivity index (χ1v) is 7.23. The Morgan fingerprint density at radius 3 is 2.65 bits per heavy atom. The predicted octanol–water partition coefficient (Wildman–Crippen LogP) is 1.87. The highest BCUT2D eigenvalue weighted by Gasteiger charge is 2.20. The molecule has 0 aliphatic heterocycles. The molecule has 0 bridgehead atoms. The summed E-state index contributed by atoms with van der Waals surface area (Å²) in [5.74, 6) is -1.15. The van der Waals surface area contributed by atoms with E-state index in [2.05, 4.69) is 14.9 Å². The molecule has 106 valence electrons. The zero-order valence-corrected chi connectivity index (χ0v) is 11.8. The number of carboxylic acid groups (broad SMARTS) is 1. The summed E-state index contributed by atoms with van der Waals surface area (Å²) < 4.78 is 26.5. The van der Waals surface area contributed by atoms with Gasteiger partial charge in [-0.1, -0.05) is 11.6 Å². The number of anilines is 1. The zero-order chi connectivity index (χ0) is 14.9. The molecule has 9 heteroatoms.